The molecule has 0 spiro atoms. The maximum absolute atomic E-state index is 12.2. The number of carbonyl (C=O) groups excluding carboxylic acids is 1. The normalized spacial score (nSPS) is 18.4. The highest BCUT2D eigenvalue weighted by Gasteiger charge is 2.22. The molecule has 3 aromatic rings. The molecule has 6 nitrogen and oxygen atoms in total. The van der Waals surface area contributed by atoms with Gasteiger partial charge in [0.2, 0.25) is 11.9 Å². The lowest BCUT2D eigenvalue weighted by Gasteiger charge is -2.29. The minimum atomic E-state index is 0.183. The van der Waals surface area contributed by atoms with Crippen LogP contribution in [0.1, 0.15) is 43.4 Å². The van der Waals surface area contributed by atoms with E-state index < -0.39 is 0 Å². The summed E-state index contributed by atoms with van der Waals surface area (Å²) in [6.07, 6.45) is 6.90. The highest BCUT2D eigenvalue weighted by molar-refractivity contribution is 7.09. The Labute approximate surface area is 194 Å². The van der Waals surface area contributed by atoms with Crippen LogP contribution >= 0.6 is 11.3 Å². The van der Waals surface area contributed by atoms with Gasteiger partial charge < -0.3 is 15.5 Å². The van der Waals surface area contributed by atoms with E-state index in [0.717, 1.165) is 61.8 Å². The Morgan fingerprint density at radius 1 is 1.09 bits per heavy atom. The topological polar surface area (TPSA) is 70.2 Å². The molecular formula is C25H33N5OS. The highest BCUT2D eigenvalue weighted by atomic mass is 32.1. The van der Waals surface area contributed by atoms with Gasteiger partial charge in [-0.2, -0.15) is 4.98 Å². The van der Waals surface area contributed by atoms with Crippen LogP contribution in [0.15, 0.2) is 41.8 Å². The zero-order valence-corrected chi connectivity index (χ0v) is 19.8. The van der Waals surface area contributed by atoms with Crippen molar-refractivity contribution in [1.82, 2.24) is 15.3 Å². The zero-order valence-electron chi connectivity index (χ0n) is 19.0. The standard InChI is InChI=1S/C25H33N5OS/c1-30(2)24-21-9-3-4-10-22(21)28-25(29-24)27-19-14-12-18(13-15-19)17-26-23(31)11-5-7-20-8-6-16-32-20/h3-4,6,8-10,16,18-19H,5,7,11-15,17H2,1-2H3,(H,26,31)(H,27,28,29). The molecule has 2 heterocycles. The van der Waals surface area contributed by atoms with Crippen molar-refractivity contribution in [3.63, 3.8) is 0 Å². The summed E-state index contributed by atoms with van der Waals surface area (Å²) in [6.45, 7) is 0.793. The molecule has 1 aliphatic carbocycles. The number of hydrogen-bond acceptors (Lipinski definition) is 6. The van der Waals surface area contributed by atoms with Crippen LogP contribution < -0.4 is 15.5 Å². The Morgan fingerprint density at radius 2 is 1.91 bits per heavy atom. The van der Waals surface area contributed by atoms with Crippen LogP contribution in [-0.4, -0.2) is 42.6 Å². The fourth-order valence-corrected chi connectivity index (χ4v) is 5.13. The Bertz CT molecular complexity index is 1010. The highest BCUT2D eigenvalue weighted by Crippen LogP contribution is 2.28. The fraction of sp³-hybridized carbons (Fsp3) is 0.480. The summed E-state index contributed by atoms with van der Waals surface area (Å²) < 4.78 is 0. The van der Waals surface area contributed by atoms with Gasteiger partial charge in [0.25, 0.3) is 0 Å². The van der Waals surface area contributed by atoms with E-state index in [1.807, 2.05) is 37.2 Å². The second kappa shape index (κ2) is 10.8. The largest absolute Gasteiger partial charge is 0.362 e. The maximum atomic E-state index is 12.2. The number of benzene rings is 1. The second-order valence-corrected chi connectivity index (χ2v) is 9.91. The van der Waals surface area contributed by atoms with Gasteiger partial charge in [-0.1, -0.05) is 18.2 Å². The lowest BCUT2D eigenvalue weighted by atomic mass is 9.86. The summed E-state index contributed by atoms with van der Waals surface area (Å²) in [7, 11) is 4.03. The number of anilines is 2. The lowest BCUT2D eigenvalue weighted by molar-refractivity contribution is -0.121. The van der Waals surface area contributed by atoms with Crippen molar-refractivity contribution in [2.24, 2.45) is 5.92 Å². The fourth-order valence-electron chi connectivity index (χ4n) is 4.38. The van der Waals surface area contributed by atoms with E-state index in [9.17, 15) is 4.79 Å². The first-order valence-corrected chi connectivity index (χ1v) is 12.5. The monoisotopic (exact) mass is 451 g/mol. The number of fused-ring (bicyclic) bond motifs is 1. The number of thiophene rings is 1. The molecule has 0 atom stereocenters. The first-order chi connectivity index (χ1) is 15.6. The molecule has 1 saturated carbocycles. The quantitative estimate of drug-likeness (QED) is 0.486. The van der Waals surface area contributed by atoms with Crippen molar-refractivity contribution in [3.05, 3.63) is 46.7 Å². The average Bonchev–Trinajstić information content (AvgIpc) is 3.31. The summed E-state index contributed by atoms with van der Waals surface area (Å²) in [5.41, 5.74) is 0.962. The number of carbonyl (C=O) groups is 1. The first kappa shape index (κ1) is 22.5. The molecule has 2 N–H and O–H groups in total. The predicted molar refractivity (Wildman–Crippen MR) is 134 cm³/mol. The molecule has 1 amide bonds. The van der Waals surface area contributed by atoms with E-state index in [0.29, 0.717) is 24.3 Å². The smallest absolute Gasteiger partial charge is 0.225 e. The van der Waals surface area contributed by atoms with E-state index in [4.69, 9.17) is 9.97 Å². The molecule has 0 radical (unpaired) electrons. The summed E-state index contributed by atoms with van der Waals surface area (Å²) in [5, 5.41) is 9.87. The molecule has 2 aromatic heterocycles. The van der Waals surface area contributed by atoms with Gasteiger partial charge in [-0.25, -0.2) is 4.98 Å². The van der Waals surface area contributed by atoms with E-state index in [1.165, 1.54) is 4.88 Å². The van der Waals surface area contributed by atoms with Crippen LogP contribution in [-0.2, 0) is 11.2 Å². The Balaban J connectivity index is 1.21. The van der Waals surface area contributed by atoms with Crippen LogP contribution in [0.5, 0.6) is 0 Å². The Kier molecular flexibility index (Phi) is 7.58. The molecule has 32 heavy (non-hydrogen) atoms. The molecule has 170 valence electrons. The van der Waals surface area contributed by atoms with Gasteiger partial charge in [-0.3, -0.25) is 4.79 Å². The number of amides is 1. The van der Waals surface area contributed by atoms with Crippen molar-refractivity contribution in [2.45, 2.75) is 51.0 Å². The van der Waals surface area contributed by atoms with Gasteiger partial charge in [-0.05, 0) is 68.0 Å². The van der Waals surface area contributed by atoms with Crippen LogP contribution in [0.3, 0.4) is 0 Å². The zero-order chi connectivity index (χ0) is 22.3. The molecule has 0 unspecified atom stereocenters. The van der Waals surface area contributed by atoms with E-state index in [-0.39, 0.29) is 5.91 Å². The second-order valence-electron chi connectivity index (χ2n) is 8.88. The summed E-state index contributed by atoms with van der Waals surface area (Å²) in [4.78, 5) is 25.1. The van der Waals surface area contributed by atoms with E-state index >= 15 is 0 Å². The molecule has 1 fully saturated rings. The van der Waals surface area contributed by atoms with Crippen LogP contribution in [0.2, 0.25) is 0 Å². The maximum Gasteiger partial charge on any atom is 0.225 e. The summed E-state index contributed by atoms with van der Waals surface area (Å²) in [5.74, 6) is 2.38. The molecule has 0 saturated heterocycles. The number of nitrogens with one attached hydrogen (secondary N) is 2. The molecule has 0 aliphatic heterocycles. The number of para-hydroxylation sites is 1. The molecule has 4 rings (SSSR count). The van der Waals surface area contributed by atoms with Crippen LogP contribution in [0.4, 0.5) is 11.8 Å². The molecule has 1 aliphatic rings. The summed E-state index contributed by atoms with van der Waals surface area (Å²) in [6, 6.07) is 12.7. The van der Waals surface area contributed by atoms with Crippen molar-refractivity contribution < 1.29 is 4.79 Å². The summed E-state index contributed by atoms with van der Waals surface area (Å²) >= 11 is 1.76. The Morgan fingerprint density at radius 3 is 2.66 bits per heavy atom. The number of rotatable bonds is 9. The van der Waals surface area contributed by atoms with Crippen molar-refractivity contribution in [3.8, 4) is 0 Å². The lowest BCUT2D eigenvalue weighted by Crippen LogP contribution is -2.34. The van der Waals surface area contributed by atoms with Crippen molar-refractivity contribution in [2.75, 3.05) is 30.9 Å². The third kappa shape index (κ3) is 5.97. The van der Waals surface area contributed by atoms with Crippen LogP contribution in [0, 0.1) is 5.92 Å². The van der Waals surface area contributed by atoms with Gasteiger partial charge >= 0.3 is 0 Å². The van der Waals surface area contributed by atoms with Crippen molar-refractivity contribution in [1.29, 1.82) is 0 Å². The number of hydrogen-bond donors (Lipinski definition) is 2. The van der Waals surface area contributed by atoms with Gasteiger partial charge in [0.05, 0.1) is 5.52 Å². The van der Waals surface area contributed by atoms with Gasteiger partial charge in [0, 0.05) is 43.4 Å². The van der Waals surface area contributed by atoms with E-state index in [1.54, 1.807) is 11.3 Å². The van der Waals surface area contributed by atoms with Gasteiger partial charge in [0.1, 0.15) is 5.82 Å². The third-order valence-electron chi connectivity index (χ3n) is 6.18. The predicted octanol–water partition coefficient (Wildman–Crippen LogP) is 4.87. The number of aryl methyl sites for hydroxylation is 1. The molecule has 1 aromatic carbocycles. The average molecular weight is 452 g/mol. The molecule has 7 heteroatoms. The molecule has 0 bridgehead atoms. The minimum Gasteiger partial charge on any atom is -0.362 e. The third-order valence-corrected chi connectivity index (χ3v) is 7.12. The minimum absolute atomic E-state index is 0.183. The Hall–Kier alpha value is -2.67. The number of aromatic nitrogens is 2. The molecular weight excluding hydrogens is 418 g/mol. The van der Waals surface area contributed by atoms with Crippen molar-refractivity contribution >= 4 is 39.9 Å². The van der Waals surface area contributed by atoms with Gasteiger partial charge in [0.15, 0.2) is 0 Å². The first-order valence-electron chi connectivity index (χ1n) is 11.6. The van der Waals surface area contributed by atoms with Crippen LogP contribution in [0.25, 0.3) is 10.9 Å². The number of nitrogens with zero attached hydrogens (tertiary/aromatic N) is 3. The van der Waals surface area contributed by atoms with E-state index in [2.05, 4.69) is 34.2 Å². The SMILES string of the molecule is CN(C)c1nc(NC2CCC(CNC(=O)CCCc3cccs3)CC2)nc2ccccc12. The van der Waals surface area contributed by atoms with Gasteiger partial charge in [-0.15, -0.1) is 11.3 Å².